The number of carbonyl (C=O) groups excluding carboxylic acids is 1. The molecule has 0 radical (unpaired) electrons. The highest BCUT2D eigenvalue weighted by Crippen LogP contribution is 2.27. The van der Waals surface area contributed by atoms with Crippen LogP contribution < -0.4 is 10.6 Å². The van der Waals surface area contributed by atoms with Crippen LogP contribution in [0.25, 0.3) is 11.5 Å². The summed E-state index contributed by atoms with van der Waals surface area (Å²) in [6, 6.07) is 11.2. The molecule has 126 valence electrons. The smallest absolute Gasteiger partial charge is 0.226 e. The minimum absolute atomic E-state index is 0.0392. The molecule has 5 nitrogen and oxygen atoms in total. The van der Waals surface area contributed by atoms with Gasteiger partial charge in [-0.05, 0) is 44.7 Å². The fraction of sp³-hybridized carbons (Fsp3) is 0.474. The Balaban J connectivity index is 1.40. The molecule has 2 N–H and O–H groups in total. The van der Waals surface area contributed by atoms with Crippen molar-refractivity contribution in [3.8, 4) is 11.5 Å². The lowest BCUT2D eigenvalue weighted by Gasteiger charge is -2.29. The average molecular weight is 325 g/mol. The average Bonchev–Trinajstić information content (AvgIpc) is 3.11. The number of nitrogens with zero attached hydrogens (tertiary/aromatic N) is 1. The van der Waals surface area contributed by atoms with E-state index in [1.54, 1.807) is 0 Å². The van der Waals surface area contributed by atoms with Gasteiger partial charge in [0.05, 0.1) is 12.1 Å². The van der Waals surface area contributed by atoms with E-state index in [2.05, 4.69) is 15.6 Å². The summed E-state index contributed by atoms with van der Waals surface area (Å²) in [6.45, 7) is 1.87. The Morgan fingerprint density at radius 3 is 2.67 bits per heavy atom. The molecule has 2 fully saturated rings. The van der Waals surface area contributed by atoms with Crippen molar-refractivity contribution < 1.29 is 9.21 Å². The van der Waals surface area contributed by atoms with Gasteiger partial charge in [0, 0.05) is 23.7 Å². The molecule has 1 aromatic carbocycles. The number of benzene rings is 1. The summed E-state index contributed by atoms with van der Waals surface area (Å²) in [4.78, 5) is 16.9. The van der Waals surface area contributed by atoms with Crippen LogP contribution in [0.2, 0.25) is 0 Å². The summed E-state index contributed by atoms with van der Waals surface area (Å²) in [7, 11) is 0. The van der Waals surface area contributed by atoms with Gasteiger partial charge in [0.25, 0.3) is 0 Å². The van der Waals surface area contributed by atoms with Gasteiger partial charge in [0.15, 0.2) is 0 Å². The summed E-state index contributed by atoms with van der Waals surface area (Å²) in [5, 5.41) is 6.78. The molecule has 0 spiro atoms. The molecule has 2 saturated heterocycles. The molecule has 24 heavy (non-hydrogen) atoms. The van der Waals surface area contributed by atoms with Gasteiger partial charge >= 0.3 is 0 Å². The number of rotatable bonds is 4. The number of aryl methyl sites for hydroxylation is 1. The SMILES string of the molecule is Cc1oc(-c2ccccc2)nc1CC(=O)NC1CC2CCC(C1)N2. The van der Waals surface area contributed by atoms with Gasteiger partial charge in [-0.25, -0.2) is 4.98 Å². The van der Waals surface area contributed by atoms with Gasteiger partial charge < -0.3 is 15.1 Å². The maximum atomic E-state index is 12.4. The zero-order valence-electron chi connectivity index (χ0n) is 13.9. The summed E-state index contributed by atoms with van der Waals surface area (Å²) < 4.78 is 5.73. The van der Waals surface area contributed by atoms with Crippen LogP contribution >= 0.6 is 0 Å². The third-order valence-corrected chi connectivity index (χ3v) is 5.08. The Morgan fingerprint density at radius 2 is 1.96 bits per heavy atom. The van der Waals surface area contributed by atoms with E-state index in [1.807, 2.05) is 37.3 Å². The van der Waals surface area contributed by atoms with Crippen LogP contribution in [0.15, 0.2) is 34.7 Å². The Hall–Kier alpha value is -2.14. The molecule has 3 heterocycles. The second-order valence-corrected chi connectivity index (χ2v) is 6.94. The normalized spacial score (nSPS) is 25.6. The van der Waals surface area contributed by atoms with Gasteiger partial charge in [0.2, 0.25) is 11.8 Å². The third kappa shape index (κ3) is 3.22. The van der Waals surface area contributed by atoms with Gasteiger partial charge in [-0.2, -0.15) is 0 Å². The second kappa shape index (κ2) is 6.40. The third-order valence-electron chi connectivity index (χ3n) is 5.08. The Kier molecular flexibility index (Phi) is 4.10. The maximum absolute atomic E-state index is 12.4. The summed E-state index contributed by atoms with van der Waals surface area (Å²) >= 11 is 0. The monoisotopic (exact) mass is 325 g/mol. The number of amides is 1. The molecule has 2 unspecified atom stereocenters. The number of aromatic nitrogens is 1. The zero-order chi connectivity index (χ0) is 16.5. The molecule has 0 saturated carbocycles. The summed E-state index contributed by atoms with van der Waals surface area (Å²) in [6.07, 6.45) is 4.83. The van der Waals surface area contributed by atoms with Crippen molar-refractivity contribution in [2.45, 2.75) is 57.2 Å². The maximum Gasteiger partial charge on any atom is 0.226 e. The fourth-order valence-electron chi connectivity index (χ4n) is 3.90. The van der Waals surface area contributed by atoms with Crippen LogP contribution in [0.4, 0.5) is 0 Å². The van der Waals surface area contributed by atoms with Crippen molar-refractivity contribution in [2.24, 2.45) is 0 Å². The molecule has 5 heteroatoms. The molecule has 1 amide bonds. The lowest BCUT2D eigenvalue weighted by molar-refractivity contribution is -0.121. The first-order valence-electron chi connectivity index (χ1n) is 8.74. The number of oxazole rings is 1. The molecular weight excluding hydrogens is 302 g/mol. The zero-order valence-corrected chi connectivity index (χ0v) is 13.9. The molecule has 0 aliphatic carbocycles. The van der Waals surface area contributed by atoms with E-state index >= 15 is 0 Å². The Bertz CT molecular complexity index is 713. The molecule has 2 atom stereocenters. The number of fused-ring (bicyclic) bond motifs is 2. The van der Waals surface area contributed by atoms with Crippen LogP contribution in [0.3, 0.4) is 0 Å². The quantitative estimate of drug-likeness (QED) is 0.907. The van der Waals surface area contributed by atoms with Crippen molar-refractivity contribution in [1.29, 1.82) is 0 Å². The highest BCUT2D eigenvalue weighted by Gasteiger charge is 2.34. The number of nitrogens with one attached hydrogen (secondary N) is 2. The number of hydrogen-bond acceptors (Lipinski definition) is 4. The summed E-state index contributed by atoms with van der Waals surface area (Å²) in [5.41, 5.74) is 1.66. The van der Waals surface area contributed by atoms with Gasteiger partial charge in [-0.1, -0.05) is 18.2 Å². The largest absolute Gasteiger partial charge is 0.441 e. The van der Waals surface area contributed by atoms with E-state index < -0.39 is 0 Å². The number of piperidine rings is 1. The molecule has 2 aliphatic heterocycles. The van der Waals surface area contributed by atoms with Crippen molar-refractivity contribution in [3.63, 3.8) is 0 Å². The lowest BCUT2D eigenvalue weighted by atomic mass is 9.99. The molecular formula is C19H23N3O2. The van der Waals surface area contributed by atoms with Crippen LogP contribution in [0.5, 0.6) is 0 Å². The molecule has 4 rings (SSSR count). The van der Waals surface area contributed by atoms with E-state index in [-0.39, 0.29) is 18.4 Å². The predicted octanol–water partition coefficient (Wildman–Crippen LogP) is 2.59. The van der Waals surface area contributed by atoms with E-state index in [0.29, 0.717) is 18.0 Å². The van der Waals surface area contributed by atoms with Crippen LogP contribution in [0.1, 0.15) is 37.1 Å². The summed E-state index contributed by atoms with van der Waals surface area (Å²) in [5.74, 6) is 1.34. The number of hydrogen-bond donors (Lipinski definition) is 2. The first kappa shape index (κ1) is 15.4. The Labute approximate surface area is 141 Å². The predicted molar refractivity (Wildman–Crippen MR) is 91.5 cm³/mol. The minimum Gasteiger partial charge on any atom is -0.441 e. The Morgan fingerprint density at radius 1 is 1.25 bits per heavy atom. The van der Waals surface area contributed by atoms with Crippen molar-refractivity contribution >= 4 is 5.91 Å². The molecule has 1 aromatic heterocycles. The minimum atomic E-state index is 0.0392. The highest BCUT2D eigenvalue weighted by atomic mass is 16.4. The molecule has 2 aromatic rings. The number of carbonyl (C=O) groups is 1. The van der Waals surface area contributed by atoms with Crippen LogP contribution in [0, 0.1) is 6.92 Å². The second-order valence-electron chi connectivity index (χ2n) is 6.94. The molecule has 2 aliphatic rings. The molecule has 2 bridgehead atoms. The highest BCUT2D eigenvalue weighted by molar-refractivity contribution is 5.78. The van der Waals surface area contributed by atoms with Crippen molar-refractivity contribution in [3.05, 3.63) is 41.8 Å². The fourth-order valence-corrected chi connectivity index (χ4v) is 3.90. The lowest BCUT2D eigenvalue weighted by Crippen LogP contribution is -2.48. The first-order chi connectivity index (χ1) is 11.7. The van der Waals surface area contributed by atoms with Gasteiger partial charge in [-0.15, -0.1) is 0 Å². The van der Waals surface area contributed by atoms with E-state index in [9.17, 15) is 4.79 Å². The van der Waals surface area contributed by atoms with E-state index in [4.69, 9.17) is 4.42 Å². The van der Waals surface area contributed by atoms with Gasteiger partial charge in [0.1, 0.15) is 5.76 Å². The van der Waals surface area contributed by atoms with E-state index in [0.717, 1.165) is 29.9 Å². The van der Waals surface area contributed by atoms with Crippen LogP contribution in [-0.4, -0.2) is 29.0 Å². The van der Waals surface area contributed by atoms with E-state index in [1.165, 1.54) is 12.8 Å². The van der Waals surface area contributed by atoms with Gasteiger partial charge in [-0.3, -0.25) is 4.79 Å². The van der Waals surface area contributed by atoms with Crippen molar-refractivity contribution in [2.75, 3.05) is 0 Å². The first-order valence-corrected chi connectivity index (χ1v) is 8.74. The standard InChI is InChI=1S/C19H23N3O2/c1-12-17(22-19(24-12)13-5-3-2-4-6-13)11-18(23)21-16-9-14-7-8-15(10-16)20-14/h2-6,14-16,20H,7-11H2,1H3,(H,21,23). The topological polar surface area (TPSA) is 67.2 Å². The van der Waals surface area contributed by atoms with Crippen molar-refractivity contribution in [1.82, 2.24) is 15.6 Å². The van der Waals surface area contributed by atoms with Crippen LogP contribution in [-0.2, 0) is 11.2 Å².